The molecule has 0 saturated carbocycles. The van der Waals surface area contributed by atoms with Gasteiger partial charge in [-0.3, -0.25) is 14.8 Å². The second-order valence-corrected chi connectivity index (χ2v) is 4.63. The third-order valence-electron chi connectivity index (χ3n) is 2.79. The molecule has 0 fully saturated rings. The molecule has 0 radical (unpaired) electrons. The van der Waals surface area contributed by atoms with Gasteiger partial charge in [-0.15, -0.1) is 0 Å². The first kappa shape index (κ1) is 17.8. The topological polar surface area (TPSA) is 122 Å². The highest BCUT2D eigenvalue weighted by Gasteiger charge is 2.32. The summed E-state index contributed by atoms with van der Waals surface area (Å²) >= 11 is 0. The third kappa shape index (κ3) is 5.97. The predicted octanol–water partition coefficient (Wildman–Crippen LogP) is -0.430. The van der Waals surface area contributed by atoms with Crippen LogP contribution in [0.15, 0.2) is 0 Å². The minimum Gasteiger partial charge on any atom is -0.762 e. The molecule has 0 spiro atoms. The van der Waals surface area contributed by atoms with Gasteiger partial charge in [-0.25, -0.2) is 0 Å². The quantitative estimate of drug-likeness (QED) is 0.514. The summed E-state index contributed by atoms with van der Waals surface area (Å²) < 4.78 is 0. The number of rotatable bonds is 8. The van der Waals surface area contributed by atoms with Crippen LogP contribution in [0.1, 0.15) is 20.8 Å². The lowest BCUT2D eigenvalue weighted by atomic mass is 9.90. The van der Waals surface area contributed by atoms with Gasteiger partial charge in [0.05, 0.1) is 31.7 Å². The molecule has 0 aliphatic heterocycles. The Kier molecular flexibility index (Phi) is 7.53. The number of nitrogens with one attached hydrogen (secondary N) is 1. The third-order valence-corrected chi connectivity index (χ3v) is 2.79. The maximum Gasteiger partial charge on any atom is 0.308 e. The Morgan fingerprint density at radius 2 is 1.89 bits per heavy atom. The van der Waals surface area contributed by atoms with E-state index >= 15 is 0 Å². The van der Waals surface area contributed by atoms with Gasteiger partial charge in [0.1, 0.15) is 0 Å². The van der Waals surface area contributed by atoms with E-state index in [0.29, 0.717) is 0 Å². The van der Waals surface area contributed by atoms with Crippen molar-refractivity contribution in [1.82, 2.24) is 10.5 Å². The number of hydrogen-bond acceptors (Lipinski definition) is 6. The van der Waals surface area contributed by atoms with Crippen molar-refractivity contribution in [3.63, 3.8) is 0 Å². The van der Waals surface area contributed by atoms with Crippen molar-refractivity contribution in [2.75, 3.05) is 13.7 Å². The summed E-state index contributed by atoms with van der Waals surface area (Å²) in [5, 5.41) is 32.2. The zero-order chi connectivity index (χ0) is 15.2. The van der Waals surface area contributed by atoms with E-state index in [1.165, 1.54) is 6.92 Å². The van der Waals surface area contributed by atoms with E-state index in [1.54, 1.807) is 13.8 Å². The molecule has 0 saturated heterocycles. The van der Waals surface area contributed by atoms with Crippen molar-refractivity contribution in [1.29, 1.82) is 0 Å². The van der Waals surface area contributed by atoms with Crippen LogP contribution in [-0.2, 0) is 14.4 Å². The summed E-state index contributed by atoms with van der Waals surface area (Å²) in [5.41, 5.74) is 0. The average molecular weight is 277 g/mol. The fourth-order valence-electron chi connectivity index (χ4n) is 1.52. The average Bonchev–Trinajstić information content (AvgIpc) is 2.33. The Morgan fingerprint density at radius 3 is 2.26 bits per heavy atom. The normalized spacial score (nSPS) is 16.2. The van der Waals surface area contributed by atoms with Gasteiger partial charge < -0.3 is 25.6 Å². The van der Waals surface area contributed by atoms with E-state index in [2.05, 4.69) is 10.2 Å². The summed E-state index contributed by atoms with van der Waals surface area (Å²) in [4.78, 5) is 26.6. The summed E-state index contributed by atoms with van der Waals surface area (Å²) in [7, 11) is 1.13. The maximum absolute atomic E-state index is 11.5. The molecule has 0 heterocycles. The standard InChI is InChI=1S/C11H21N2O6/c1-6(2)9(10(15)7(3)11(16)17)12-8(14)5-13(18)19-4/h6-7,9-10,15H,5H2,1-4H3,(H,12,14)(H,16,17)/q-1. The predicted molar refractivity (Wildman–Crippen MR) is 66.7 cm³/mol. The molecule has 3 N–H and O–H groups in total. The van der Waals surface area contributed by atoms with E-state index in [4.69, 9.17) is 5.11 Å². The van der Waals surface area contributed by atoms with E-state index in [-0.39, 0.29) is 11.1 Å². The fourth-order valence-corrected chi connectivity index (χ4v) is 1.52. The molecule has 1 amide bonds. The van der Waals surface area contributed by atoms with Crippen LogP contribution in [0, 0.1) is 17.0 Å². The lowest BCUT2D eigenvalue weighted by Crippen LogP contribution is -2.52. The molecule has 112 valence electrons. The van der Waals surface area contributed by atoms with E-state index < -0.39 is 36.5 Å². The highest BCUT2D eigenvalue weighted by Crippen LogP contribution is 2.14. The van der Waals surface area contributed by atoms with Gasteiger partial charge in [0.25, 0.3) is 0 Å². The second kappa shape index (κ2) is 8.05. The number of carbonyl (C=O) groups is 2. The van der Waals surface area contributed by atoms with Crippen molar-refractivity contribution in [2.45, 2.75) is 32.9 Å². The van der Waals surface area contributed by atoms with Crippen molar-refractivity contribution in [2.24, 2.45) is 11.8 Å². The Bertz CT molecular complexity index is 310. The largest absolute Gasteiger partial charge is 0.762 e. The van der Waals surface area contributed by atoms with Crippen LogP contribution in [0.5, 0.6) is 0 Å². The minimum absolute atomic E-state index is 0.0831. The zero-order valence-corrected chi connectivity index (χ0v) is 11.5. The molecule has 0 aromatic carbocycles. The number of aliphatic carboxylic acids is 1. The summed E-state index contributed by atoms with van der Waals surface area (Å²) in [6.45, 7) is 4.26. The Hall–Kier alpha value is -1.22. The summed E-state index contributed by atoms with van der Waals surface area (Å²) in [5.74, 6) is -3.02. The monoisotopic (exact) mass is 277 g/mol. The first-order chi connectivity index (χ1) is 8.70. The fraction of sp³-hybridized carbons (Fsp3) is 0.818. The van der Waals surface area contributed by atoms with Crippen LogP contribution in [-0.4, -0.2) is 53.1 Å². The number of hydrogen-bond donors (Lipinski definition) is 3. The van der Waals surface area contributed by atoms with Crippen LogP contribution in [0.3, 0.4) is 0 Å². The molecule has 0 aliphatic rings. The highest BCUT2D eigenvalue weighted by atomic mass is 16.9. The van der Waals surface area contributed by atoms with Crippen molar-refractivity contribution < 1.29 is 24.6 Å². The molecule has 0 aromatic heterocycles. The van der Waals surface area contributed by atoms with Gasteiger partial charge in [0, 0.05) is 0 Å². The molecule has 0 bridgehead atoms. The van der Waals surface area contributed by atoms with Crippen LogP contribution in [0.4, 0.5) is 0 Å². The minimum atomic E-state index is -1.25. The molecular weight excluding hydrogens is 256 g/mol. The first-order valence-corrected chi connectivity index (χ1v) is 5.89. The molecule has 0 aliphatic carbocycles. The number of carbonyl (C=O) groups excluding carboxylic acids is 1. The highest BCUT2D eigenvalue weighted by molar-refractivity contribution is 5.78. The van der Waals surface area contributed by atoms with E-state index in [9.17, 15) is 19.9 Å². The number of carboxylic acids is 1. The van der Waals surface area contributed by atoms with Crippen LogP contribution < -0.4 is 5.32 Å². The molecule has 3 unspecified atom stereocenters. The van der Waals surface area contributed by atoms with Crippen molar-refractivity contribution in [3.8, 4) is 0 Å². The summed E-state index contributed by atoms with van der Waals surface area (Å²) in [6, 6.07) is -0.760. The SMILES string of the molecule is CON([O-])CC(=O)NC(C(C)C)C(O)C(C)C(=O)O. The first-order valence-electron chi connectivity index (χ1n) is 5.89. The maximum atomic E-state index is 11.5. The molecule has 3 atom stereocenters. The van der Waals surface area contributed by atoms with Crippen molar-refractivity contribution in [3.05, 3.63) is 5.21 Å². The van der Waals surface area contributed by atoms with Gasteiger partial charge >= 0.3 is 5.97 Å². The molecule has 0 rings (SSSR count). The molecule has 0 aromatic rings. The lowest BCUT2D eigenvalue weighted by molar-refractivity contribution is -0.148. The van der Waals surface area contributed by atoms with E-state index in [0.717, 1.165) is 7.11 Å². The summed E-state index contributed by atoms with van der Waals surface area (Å²) in [6.07, 6.45) is -1.25. The van der Waals surface area contributed by atoms with Gasteiger partial charge in [-0.05, 0) is 12.8 Å². The van der Waals surface area contributed by atoms with Gasteiger partial charge in [0.15, 0.2) is 0 Å². The number of carboxylic acid groups (broad SMARTS) is 1. The lowest BCUT2D eigenvalue weighted by Gasteiger charge is -2.31. The number of aliphatic hydroxyl groups excluding tert-OH is 1. The van der Waals surface area contributed by atoms with Crippen molar-refractivity contribution >= 4 is 11.9 Å². The van der Waals surface area contributed by atoms with Gasteiger partial charge in [-0.1, -0.05) is 13.8 Å². The molecule has 8 nitrogen and oxygen atoms in total. The Morgan fingerprint density at radius 1 is 1.37 bits per heavy atom. The number of aliphatic hydroxyl groups is 1. The zero-order valence-electron chi connectivity index (χ0n) is 11.5. The Labute approximate surface area is 111 Å². The van der Waals surface area contributed by atoms with Gasteiger partial charge in [0.2, 0.25) is 5.91 Å². The smallest absolute Gasteiger partial charge is 0.308 e. The number of hydroxylamine groups is 2. The van der Waals surface area contributed by atoms with E-state index in [1.807, 2.05) is 0 Å². The van der Waals surface area contributed by atoms with Gasteiger partial charge in [-0.2, -0.15) is 0 Å². The van der Waals surface area contributed by atoms with Crippen LogP contribution in [0.2, 0.25) is 0 Å². The number of amides is 1. The number of nitrogens with zero attached hydrogens (tertiary/aromatic N) is 1. The molecule has 8 heteroatoms. The van der Waals surface area contributed by atoms with Crippen LogP contribution >= 0.6 is 0 Å². The molecular formula is C11H21N2O6-. The van der Waals surface area contributed by atoms with Crippen LogP contribution in [0.25, 0.3) is 0 Å². The Balaban J connectivity index is 4.66. The second-order valence-electron chi connectivity index (χ2n) is 4.63. The molecule has 19 heavy (non-hydrogen) atoms.